The molecular formula is C12H23IN4O2. The number of ether oxygens (including phenoxy) is 1. The molecular weight excluding hydrogens is 359 g/mol. The van der Waals surface area contributed by atoms with Gasteiger partial charge >= 0.3 is 0 Å². The van der Waals surface area contributed by atoms with Crippen LogP contribution in [0.2, 0.25) is 0 Å². The maximum atomic E-state index is 11.4. The molecule has 1 saturated carbocycles. The van der Waals surface area contributed by atoms with E-state index in [0.717, 1.165) is 26.0 Å². The average Bonchev–Trinajstić information content (AvgIpc) is 3.06. The number of nitrogens with zero attached hydrogens (tertiary/aromatic N) is 1. The van der Waals surface area contributed by atoms with Crippen LogP contribution in [0.4, 0.5) is 0 Å². The van der Waals surface area contributed by atoms with Crippen molar-refractivity contribution in [3.63, 3.8) is 0 Å². The van der Waals surface area contributed by atoms with Gasteiger partial charge in [-0.2, -0.15) is 0 Å². The van der Waals surface area contributed by atoms with E-state index in [1.807, 2.05) is 0 Å². The zero-order valence-electron chi connectivity index (χ0n) is 11.1. The van der Waals surface area contributed by atoms with Gasteiger partial charge in [0.05, 0.1) is 6.10 Å². The summed E-state index contributed by atoms with van der Waals surface area (Å²) in [5.74, 6) is 0.934. The summed E-state index contributed by atoms with van der Waals surface area (Å²) >= 11 is 0. The first-order chi connectivity index (χ1) is 8.74. The summed E-state index contributed by atoms with van der Waals surface area (Å²) in [4.78, 5) is 15.4. The second-order valence-corrected chi connectivity index (χ2v) is 4.96. The van der Waals surface area contributed by atoms with Gasteiger partial charge in [-0.05, 0) is 31.6 Å². The summed E-state index contributed by atoms with van der Waals surface area (Å²) in [6.45, 7) is 2.36. The van der Waals surface area contributed by atoms with E-state index in [9.17, 15) is 4.79 Å². The Bertz CT molecular complexity index is 315. The van der Waals surface area contributed by atoms with E-state index in [4.69, 9.17) is 10.5 Å². The van der Waals surface area contributed by atoms with E-state index >= 15 is 0 Å². The van der Waals surface area contributed by atoms with Crippen LogP contribution in [0, 0.1) is 5.92 Å². The average molecular weight is 382 g/mol. The number of hydrogen-bond acceptors (Lipinski definition) is 3. The third-order valence-corrected chi connectivity index (χ3v) is 3.21. The van der Waals surface area contributed by atoms with Crippen molar-refractivity contribution in [1.29, 1.82) is 0 Å². The summed E-state index contributed by atoms with van der Waals surface area (Å²) in [6.07, 6.45) is 4.85. The standard InChI is InChI=1S/C12H22N4O2.HI/c13-12(15-7-10-2-1-5-18-10)16-8-11(17)14-6-9-3-4-9;/h9-10H,1-8H2,(H,14,17)(H3,13,15,16);1H. The Morgan fingerprint density at radius 1 is 1.26 bits per heavy atom. The number of guanidine groups is 1. The molecule has 110 valence electrons. The van der Waals surface area contributed by atoms with Crippen LogP contribution in [0.3, 0.4) is 0 Å². The lowest BCUT2D eigenvalue weighted by Gasteiger charge is -2.11. The summed E-state index contributed by atoms with van der Waals surface area (Å²) in [5, 5.41) is 5.82. The molecule has 7 heteroatoms. The first-order valence-electron chi connectivity index (χ1n) is 6.66. The third kappa shape index (κ3) is 6.95. The molecule has 0 bridgehead atoms. The van der Waals surface area contributed by atoms with E-state index < -0.39 is 0 Å². The van der Waals surface area contributed by atoms with Gasteiger partial charge in [-0.25, -0.2) is 4.99 Å². The van der Waals surface area contributed by atoms with Crippen LogP contribution in [-0.4, -0.2) is 44.2 Å². The molecule has 1 amide bonds. The zero-order chi connectivity index (χ0) is 12.8. The van der Waals surface area contributed by atoms with E-state index in [1.54, 1.807) is 0 Å². The highest BCUT2D eigenvalue weighted by atomic mass is 127. The van der Waals surface area contributed by atoms with Gasteiger partial charge in [0.25, 0.3) is 0 Å². The van der Waals surface area contributed by atoms with Gasteiger partial charge in [0, 0.05) is 19.7 Å². The van der Waals surface area contributed by atoms with Gasteiger partial charge in [-0.15, -0.1) is 24.0 Å². The van der Waals surface area contributed by atoms with Crippen LogP contribution in [0.25, 0.3) is 0 Å². The molecule has 19 heavy (non-hydrogen) atoms. The Kier molecular flexibility index (Phi) is 7.44. The SMILES string of the molecule is I.NC(=NCC(=O)NCC1CC1)NCC1CCCO1. The topological polar surface area (TPSA) is 88.7 Å². The van der Waals surface area contributed by atoms with Crippen molar-refractivity contribution in [2.75, 3.05) is 26.2 Å². The molecule has 2 aliphatic rings. The molecule has 2 fully saturated rings. The molecule has 1 unspecified atom stereocenters. The Hall–Kier alpha value is -0.570. The van der Waals surface area contributed by atoms with Gasteiger partial charge in [-0.3, -0.25) is 4.79 Å². The molecule has 0 radical (unpaired) electrons. The fourth-order valence-corrected chi connectivity index (χ4v) is 1.87. The van der Waals surface area contributed by atoms with Gasteiger partial charge < -0.3 is 21.1 Å². The quantitative estimate of drug-likeness (QED) is 0.348. The summed E-state index contributed by atoms with van der Waals surface area (Å²) in [5.41, 5.74) is 5.67. The Morgan fingerprint density at radius 3 is 2.68 bits per heavy atom. The van der Waals surface area contributed by atoms with Crippen molar-refractivity contribution in [3.8, 4) is 0 Å². The molecule has 2 rings (SSSR count). The van der Waals surface area contributed by atoms with Crippen molar-refractivity contribution >= 4 is 35.8 Å². The van der Waals surface area contributed by atoms with Crippen molar-refractivity contribution in [1.82, 2.24) is 10.6 Å². The van der Waals surface area contributed by atoms with Crippen LogP contribution in [0.5, 0.6) is 0 Å². The number of aliphatic imine (C=N–C) groups is 1. The number of rotatable bonds is 6. The smallest absolute Gasteiger partial charge is 0.241 e. The fraction of sp³-hybridized carbons (Fsp3) is 0.833. The number of carbonyl (C=O) groups excluding carboxylic acids is 1. The molecule has 1 aliphatic heterocycles. The second kappa shape index (κ2) is 8.57. The number of carbonyl (C=O) groups is 1. The summed E-state index contributed by atoms with van der Waals surface area (Å²) in [6, 6.07) is 0. The molecule has 0 aromatic carbocycles. The summed E-state index contributed by atoms with van der Waals surface area (Å²) in [7, 11) is 0. The van der Waals surface area contributed by atoms with E-state index in [1.165, 1.54) is 12.8 Å². The molecule has 1 heterocycles. The number of nitrogens with one attached hydrogen (secondary N) is 2. The molecule has 0 aromatic rings. The lowest BCUT2D eigenvalue weighted by atomic mass is 10.2. The lowest BCUT2D eigenvalue weighted by molar-refractivity contribution is -0.119. The van der Waals surface area contributed by atoms with Gasteiger partial charge in [0.15, 0.2) is 5.96 Å². The third-order valence-electron chi connectivity index (χ3n) is 3.21. The van der Waals surface area contributed by atoms with Crippen LogP contribution in [-0.2, 0) is 9.53 Å². The molecule has 0 spiro atoms. The monoisotopic (exact) mass is 382 g/mol. The number of amides is 1. The lowest BCUT2D eigenvalue weighted by Crippen LogP contribution is -2.38. The van der Waals surface area contributed by atoms with Crippen LogP contribution in [0.15, 0.2) is 4.99 Å². The Morgan fingerprint density at radius 2 is 2.05 bits per heavy atom. The van der Waals surface area contributed by atoms with Crippen LogP contribution >= 0.6 is 24.0 Å². The van der Waals surface area contributed by atoms with E-state index in [2.05, 4.69) is 15.6 Å². The van der Waals surface area contributed by atoms with Crippen molar-refractivity contribution in [2.24, 2.45) is 16.6 Å². The number of hydrogen-bond donors (Lipinski definition) is 3. The predicted octanol–water partition coefficient (Wildman–Crippen LogP) is 0.214. The predicted molar refractivity (Wildman–Crippen MR) is 84.6 cm³/mol. The van der Waals surface area contributed by atoms with Gasteiger partial charge in [0.2, 0.25) is 5.91 Å². The van der Waals surface area contributed by atoms with E-state index in [0.29, 0.717) is 18.4 Å². The number of nitrogens with two attached hydrogens (primary N) is 1. The maximum absolute atomic E-state index is 11.4. The largest absolute Gasteiger partial charge is 0.376 e. The van der Waals surface area contributed by atoms with Gasteiger partial charge in [0.1, 0.15) is 6.54 Å². The second-order valence-electron chi connectivity index (χ2n) is 4.96. The Balaban J connectivity index is 0.00000180. The minimum atomic E-state index is -0.0660. The normalized spacial score (nSPS) is 22.7. The highest BCUT2D eigenvalue weighted by Gasteiger charge is 2.21. The highest BCUT2D eigenvalue weighted by molar-refractivity contribution is 14.0. The number of halogens is 1. The van der Waals surface area contributed by atoms with Crippen molar-refractivity contribution in [3.05, 3.63) is 0 Å². The first-order valence-corrected chi connectivity index (χ1v) is 6.66. The van der Waals surface area contributed by atoms with E-state index in [-0.39, 0.29) is 42.5 Å². The minimum absolute atomic E-state index is 0. The molecule has 1 aliphatic carbocycles. The van der Waals surface area contributed by atoms with Crippen molar-refractivity contribution < 1.29 is 9.53 Å². The zero-order valence-corrected chi connectivity index (χ0v) is 13.4. The maximum Gasteiger partial charge on any atom is 0.241 e. The Labute approximate surface area is 130 Å². The van der Waals surface area contributed by atoms with Gasteiger partial charge in [-0.1, -0.05) is 0 Å². The molecule has 1 saturated heterocycles. The van der Waals surface area contributed by atoms with Crippen LogP contribution < -0.4 is 16.4 Å². The summed E-state index contributed by atoms with van der Waals surface area (Å²) < 4.78 is 5.45. The molecule has 6 nitrogen and oxygen atoms in total. The minimum Gasteiger partial charge on any atom is -0.376 e. The molecule has 1 atom stereocenters. The molecule has 0 aromatic heterocycles. The molecule has 4 N–H and O–H groups in total. The fourth-order valence-electron chi connectivity index (χ4n) is 1.87. The van der Waals surface area contributed by atoms with Crippen molar-refractivity contribution in [2.45, 2.75) is 31.8 Å². The highest BCUT2D eigenvalue weighted by Crippen LogP contribution is 2.27. The first kappa shape index (κ1) is 16.5. The van der Waals surface area contributed by atoms with Crippen LogP contribution in [0.1, 0.15) is 25.7 Å².